The van der Waals surface area contributed by atoms with E-state index in [2.05, 4.69) is 9.97 Å². The van der Waals surface area contributed by atoms with E-state index in [1.807, 2.05) is 0 Å². The van der Waals surface area contributed by atoms with Crippen LogP contribution in [0.3, 0.4) is 0 Å². The molecule has 108 valence electrons. The molecule has 0 fully saturated rings. The molecular weight excluding hydrogens is 322 g/mol. The van der Waals surface area contributed by atoms with Crippen molar-refractivity contribution in [2.24, 2.45) is 0 Å². The molecule has 0 aliphatic carbocycles. The zero-order valence-electron chi connectivity index (χ0n) is 11.1. The largest absolute Gasteiger partial charge is 0.223 e. The Kier molecular flexibility index (Phi) is 3.20. The van der Waals surface area contributed by atoms with Gasteiger partial charge in [-0.05, 0) is 48.5 Å². The minimum atomic E-state index is -0.265. The lowest BCUT2D eigenvalue weighted by atomic mass is 10.2. The zero-order chi connectivity index (χ0) is 15.1. The minimum Gasteiger partial charge on any atom is -0.223 e. The summed E-state index contributed by atoms with van der Waals surface area (Å²) < 4.78 is 25.9. The van der Waals surface area contributed by atoms with Crippen LogP contribution in [-0.4, -0.2) is 9.97 Å². The quantitative estimate of drug-likeness (QED) is 0.494. The zero-order valence-corrected chi connectivity index (χ0v) is 12.7. The van der Waals surface area contributed by atoms with Crippen molar-refractivity contribution in [2.75, 3.05) is 0 Å². The molecule has 0 radical (unpaired) electrons. The molecule has 6 heteroatoms. The average Bonchev–Trinajstić information content (AvgIpc) is 3.07. The van der Waals surface area contributed by atoms with Gasteiger partial charge in [-0.25, -0.2) is 18.7 Å². The smallest absolute Gasteiger partial charge is 0.155 e. The molecule has 0 N–H and O–H groups in total. The predicted molar refractivity (Wildman–Crippen MR) is 86.1 cm³/mol. The lowest BCUT2D eigenvalue weighted by Gasteiger charge is -1.96. The van der Waals surface area contributed by atoms with Gasteiger partial charge in [0.1, 0.15) is 21.6 Å². The summed E-state index contributed by atoms with van der Waals surface area (Å²) in [7, 11) is 0. The summed E-state index contributed by atoms with van der Waals surface area (Å²) in [6.45, 7) is 0. The average molecular weight is 330 g/mol. The molecule has 22 heavy (non-hydrogen) atoms. The highest BCUT2D eigenvalue weighted by molar-refractivity contribution is 7.29. The first-order valence-electron chi connectivity index (χ1n) is 6.48. The first-order valence-corrected chi connectivity index (χ1v) is 8.11. The van der Waals surface area contributed by atoms with Crippen LogP contribution in [-0.2, 0) is 0 Å². The fourth-order valence-corrected chi connectivity index (χ4v) is 4.13. The molecule has 2 aromatic heterocycles. The van der Waals surface area contributed by atoms with Gasteiger partial charge in [-0.2, -0.15) is 0 Å². The van der Waals surface area contributed by atoms with Crippen molar-refractivity contribution in [3.05, 3.63) is 60.2 Å². The normalized spacial score (nSPS) is 11.2. The summed E-state index contributed by atoms with van der Waals surface area (Å²) in [5, 5.41) is 1.64. The molecule has 0 bridgehead atoms. The Labute approximate surface area is 132 Å². The van der Waals surface area contributed by atoms with Crippen LogP contribution >= 0.6 is 22.7 Å². The van der Waals surface area contributed by atoms with Gasteiger partial charge < -0.3 is 0 Å². The van der Waals surface area contributed by atoms with E-state index in [0.717, 1.165) is 30.8 Å². The van der Waals surface area contributed by atoms with Crippen LogP contribution in [0.25, 0.3) is 30.8 Å². The van der Waals surface area contributed by atoms with Crippen LogP contribution < -0.4 is 0 Å². The lowest BCUT2D eigenvalue weighted by Crippen LogP contribution is -1.77. The van der Waals surface area contributed by atoms with E-state index in [1.54, 1.807) is 24.3 Å². The third kappa shape index (κ3) is 2.40. The lowest BCUT2D eigenvalue weighted by molar-refractivity contribution is 0.627. The molecule has 2 aromatic carbocycles. The highest BCUT2D eigenvalue weighted by atomic mass is 32.1. The number of hydrogen-bond acceptors (Lipinski definition) is 4. The van der Waals surface area contributed by atoms with Gasteiger partial charge in [-0.1, -0.05) is 22.7 Å². The van der Waals surface area contributed by atoms with Gasteiger partial charge >= 0.3 is 0 Å². The number of fused-ring (bicyclic) bond motifs is 1. The fraction of sp³-hybridized carbons (Fsp3) is 0. The second kappa shape index (κ2) is 5.23. The highest BCUT2D eigenvalue weighted by Crippen LogP contribution is 2.36. The number of aromatic nitrogens is 2. The van der Waals surface area contributed by atoms with Gasteiger partial charge in [0.25, 0.3) is 0 Å². The molecule has 4 rings (SSSR count). The summed E-state index contributed by atoms with van der Waals surface area (Å²) in [5.74, 6) is -0.530. The molecule has 0 saturated heterocycles. The van der Waals surface area contributed by atoms with Crippen molar-refractivity contribution < 1.29 is 8.78 Å². The molecule has 2 heterocycles. The van der Waals surface area contributed by atoms with Crippen LogP contribution in [0.2, 0.25) is 0 Å². The third-order valence-corrected chi connectivity index (χ3v) is 5.28. The molecule has 0 aliphatic heterocycles. The third-order valence-electron chi connectivity index (χ3n) is 3.16. The Balaban J connectivity index is 1.73. The molecule has 0 amide bonds. The Hall–Kier alpha value is -2.18. The summed E-state index contributed by atoms with van der Waals surface area (Å²) in [5.41, 5.74) is 1.75. The second-order valence-corrected chi connectivity index (χ2v) is 6.62. The topological polar surface area (TPSA) is 25.8 Å². The number of benzene rings is 2. The summed E-state index contributed by atoms with van der Waals surface area (Å²) >= 11 is 2.93. The van der Waals surface area contributed by atoms with E-state index in [0.29, 0.717) is 0 Å². The highest BCUT2D eigenvalue weighted by Gasteiger charge is 2.13. The SMILES string of the molecule is Fc1ccc(-c2nc3sc(-c4ccc(F)cc4)nc3s2)cc1. The Morgan fingerprint density at radius 2 is 0.955 bits per heavy atom. The second-order valence-electron chi connectivity index (χ2n) is 4.66. The maximum Gasteiger partial charge on any atom is 0.155 e. The number of rotatable bonds is 2. The maximum atomic E-state index is 13.0. The van der Waals surface area contributed by atoms with E-state index < -0.39 is 0 Å². The van der Waals surface area contributed by atoms with Crippen LogP contribution in [0.15, 0.2) is 48.5 Å². The van der Waals surface area contributed by atoms with Gasteiger partial charge in [0.2, 0.25) is 0 Å². The molecule has 0 unspecified atom stereocenters. The van der Waals surface area contributed by atoms with Crippen LogP contribution in [0, 0.1) is 11.6 Å². The summed E-state index contributed by atoms with van der Waals surface area (Å²) in [4.78, 5) is 10.8. The van der Waals surface area contributed by atoms with E-state index in [1.165, 1.54) is 46.9 Å². The first kappa shape index (κ1) is 13.5. The Bertz CT molecular complexity index is 834. The number of halogens is 2. The van der Waals surface area contributed by atoms with E-state index in [9.17, 15) is 8.78 Å². The first-order chi connectivity index (χ1) is 10.7. The van der Waals surface area contributed by atoms with E-state index >= 15 is 0 Å². The van der Waals surface area contributed by atoms with Crippen LogP contribution in [0.4, 0.5) is 8.78 Å². The molecule has 0 saturated carbocycles. The van der Waals surface area contributed by atoms with Gasteiger partial charge in [0, 0.05) is 11.1 Å². The number of hydrogen-bond donors (Lipinski definition) is 0. The Morgan fingerprint density at radius 1 is 0.591 bits per heavy atom. The van der Waals surface area contributed by atoms with Crippen molar-refractivity contribution in [3.63, 3.8) is 0 Å². The molecular formula is C16H8F2N2S2. The van der Waals surface area contributed by atoms with Crippen molar-refractivity contribution >= 4 is 32.3 Å². The summed E-state index contributed by atoms with van der Waals surface area (Å²) in [6.07, 6.45) is 0. The molecule has 2 nitrogen and oxygen atoms in total. The van der Waals surface area contributed by atoms with Gasteiger partial charge in [-0.15, -0.1) is 0 Å². The molecule has 0 atom stereocenters. The van der Waals surface area contributed by atoms with Gasteiger partial charge in [-0.3, -0.25) is 0 Å². The fourth-order valence-electron chi connectivity index (χ4n) is 2.07. The summed E-state index contributed by atoms with van der Waals surface area (Å²) in [6, 6.07) is 12.5. The van der Waals surface area contributed by atoms with Crippen molar-refractivity contribution in [2.45, 2.75) is 0 Å². The number of nitrogens with zero attached hydrogens (tertiary/aromatic N) is 2. The Morgan fingerprint density at radius 3 is 1.32 bits per heavy atom. The maximum absolute atomic E-state index is 13.0. The predicted octanol–water partition coefficient (Wildman–Crippen LogP) is 5.37. The number of thiazole rings is 2. The monoisotopic (exact) mass is 330 g/mol. The van der Waals surface area contributed by atoms with Crippen molar-refractivity contribution in [3.8, 4) is 21.1 Å². The van der Waals surface area contributed by atoms with Crippen molar-refractivity contribution in [1.82, 2.24) is 9.97 Å². The van der Waals surface area contributed by atoms with E-state index in [4.69, 9.17) is 0 Å². The van der Waals surface area contributed by atoms with Gasteiger partial charge in [0.05, 0.1) is 0 Å². The minimum absolute atomic E-state index is 0.265. The van der Waals surface area contributed by atoms with Crippen molar-refractivity contribution in [1.29, 1.82) is 0 Å². The van der Waals surface area contributed by atoms with E-state index in [-0.39, 0.29) is 11.6 Å². The standard InChI is InChI=1S/C16H8F2N2S2/c17-11-5-1-9(2-6-11)13-19-15-16(21-13)20-14(22-15)10-3-7-12(18)8-4-10/h1-8H. The molecule has 0 aliphatic rings. The molecule has 0 spiro atoms. The van der Waals surface area contributed by atoms with Crippen LogP contribution in [0.5, 0.6) is 0 Å². The van der Waals surface area contributed by atoms with Crippen LogP contribution in [0.1, 0.15) is 0 Å². The molecule has 4 aromatic rings. The van der Waals surface area contributed by atoms with Gasteiger partial charge in [0.15, 0.2) is 9.66 Å².